The van der Waals surface area contributed by atoms with Crippen LogP contribution in [0.4, 0.5) is 0 Å². The summed E-state index contributed by atoms with van der Waals surface area (Å²) in [5, 5.41) is 0. The Kier molecular flexibility index (Phi) is 9.32. The number of benzene rings is 1. The fraction of sp³-hybridized carbons (Fsp3) is 0.577. The summed E-state index contributed by atoms with van der Waals surface area (Å²) in [5.74, 6) is 1.73. The van der Waals surface area contributed by atoms with Gasteiger partial charge in [0.1, 0.15) is 11.5 Å². The van der Waals surface area contributed by atoms with E-state index in [0.29, 0.717) is 35.0 Å². The third kappa shape index (κ3) is 6.21. The van der Waals surface area contributed by atoms with E-state index < -0.39 is 0 Å². The molecule has 1 heterocycles. The van der Waals surface area contributed by atoms with Crippen molar-refractivity contribution >= 4 is 12.1 Å². The lowest BCUT2D eigenvalue weighted by Gasteiger charge is -2.14. The number of H-pyrrole nitrogens is 1. The highest BCUT2D eigenvalue weighted by Crippen LogP contribution is 2.33. The number of aromatic nitrogens is 2. The van der Waals surface area contributed by atoms with Gasteiger partial charge in [-0.25, -0.2) is 4.98 Å². The van der Waals surface area contributed by atoms with Crippen molar-refractivity contribution in [3.05, 3.63) is 41.0 Å². The van der Waals surface area contributed by atoms with Crippen molar-refractivity contribution in [3.63, 3.8) is 0 Å². The first-order chi connectivity index (χ1) is 15.7. The second kappa shape index (κ2) is 12.4. The Balaban J connectivity index is 1.76. The van der Waals surface area contributed by atoms with E-state index >= 15 is 0 Å². The van der Waals surface area contributed by atoms with Gasteiger partial charge >= 0.3 is 0 Å². The predicted octanol–water partition coefficient (Wildman–Crippen LogP) is 6.25. The van der Waals surface area contributed by atoms with E-state index in [-0.39, 0.29) is 11.3 Å². The minimum Gasteiger partial charge on any atom is -0.493 e. The number of methoxy groups -OCH3 is 2. The van der Waals surface area contributed by atoms with Crippen LogP contribution < -0.4 is 9.47 Å². The molecule has 0 aliphatic heterocycles. The van der Waals surface area contributed by atoms with Crippen LogP contribution in [0.3, 0.4) is 0 Å². The summed E-state index contributed by atoms with van der Waals surface area (Å²) in [5.41, 5.74) is 1.09. The van der Waals surface area contributed by atoms with E-state index in [1.807, 2.05) is 0 Å². The van der Waals surface area contributed by atoms with Gasteiger partial charge in [0.2, 0.25) is 5.78 Å². The molecule has 1 N–H and O–H groups in total. The first-order valence-electron chi connectivity index (χ1n) is 12.0. The lowest BCUT2D eigenvalue weighted by atomic mass is 9.94. The molecule has 2 aromatic rings. The van der Waals surface area contributed by atoms with E-state index in [4.69, 9.17) is 9.47 Å². The summed E-state index contributed by atoms with van der Waals surface area (Å²) in [6.07, 6.45) is 17.5. The molecule has 6 nitrogen and oxygen atoms in total. The highest BCUT2D eigenvalue weighted by atomic mass is 16.5. The number of carbonyl (C=O) groups excluding carboxylic acids is 2. The van der Waals surface area contributed by atoms with Gasteiger partial charge in [0, 0.05) is 11.5 Å². The van der Waals surface area contributed by atoms with E-state index in [1.54, 1.807) is 12.3 Å². The van der Waals surface area contributed by atoms with E-state index in [2.05, 4.69) is 9.97 Å². The number of hydrogen-bond acceptors (Lipinski definition) is 5. The van der Waals surface area contributed by atoms with E-state index in [0.717, 1.165) is 18.7 Å². The average molecular weight is 441 g/mol. The number of imidazole rings is 1. The number of ketones is 1. The molecule has 174 valence electrons. The van der Waals surface area contributed by atoms with E-state index in [9.17, 15) is 9.59 Å². The number of hydrogen-bond donors (Lipinski definition) is 1. The summed E-state index contributed by atoms with van der Waals surface area (Å²) in [7, 11) is 2.96. The number of nitrogens with zero attached hydrogens (tertiary/aromatic N) is 1. The molecule has 0 unspecified atom stereocenters. The fourth-order valence-electron chi connectivity index (χ4n) is 4.64. The van der Waals surface area contributed by atoms with Crippen LogP contribution >= 0.6 is 0 Å². The van der Waals surface area contributed by atoms with Crippen molar-refractivity contribution in [2.45, 2.75) is 83.0 Å². The summed E-state index contributed by atoms with van der Waals surface area (Å²) in [4.78, 5) is 32.5. The maximum absolute atomic E-state index is 13.1. The molecular formula is C26H36N2O4. The molecule has 1 aliphatic rings. The van der Waals surface area contributed by atoms with Gasteiger partial charge in [-0.15, -0.1) is 0 Å². The van der Waals surface area contributed by atoms with E-state index in [1.165, 1.54) is 84.5 Å². The summed E-state index contributed by atoms with van der Waals surface area (Å²) < 4.78 is 10.6. The zero-order chi connectivity index (χ0) is 22.8. The third-order valence-corrected chi connectivity index (χ3v) is 6.48. The lowest BCUT2D eigenvalue weighted by molar-refractivity contribution is 0.103. The number of carbonyl (C=O) groups is 2. The van der Waals surface area contributed by atoms with Gasteiger partial charge in [-0.1, -0.05) is 64.2 Å². The van der Waals surface area contributed by atoms with Crippen LogP contribution in [0, 0.1) is 0 Å². The van der Waals surface area contributed by atoms with Crippen molar-refractivity contribution in [2.24, 2.45) is 0 Å². The second-order valence-electron chi connectivity index (χ2n) is 8.74. The zero-order valence-corrected chi connectivity index (χ0v) is 19.5. The minimum absolute atomic E-state index is 0.211. The molecule has 1 fully saturated rings. The first kappa shape index (κ1) is 24.0. The average Bonchev–Trinajstić information content (AvgIpc) is 3.32. The van der Waals surface area contributed by atoms with Crippen molar-refractivity contribution in [3.8, 4) is 11.5 Å². The Morgan fingerprint density at radius 2 is 1.53 bits per heavy atom. The van der Waals surface area contributed by atoms with Gasteiger partial charge in [0.05, 0.1) is 26.0 Å². The molecule has 0 bridgehead atoms. The lowest BCUT2D eigenvalue weighted by Crippen LogP contribution is -2.06. The van der Waals surface area contributed by atoms with Crippen LogP contribution in [0.15, 0.2) is 18.3 Å². The fourth-order valence-corrected chi connectivity index (χ4v) is 4.64. The van der Waals surface area contributed by atoms with Crippen LogP contribution in [0.5, 0.6) is 11.5 Å². The Bertz CT molecular complexity index is 876. The maximum atomic E-state index is 13.1. The number of aromatic amines is 1. The number of aldehydes is 1. The second-order valence-corrected chi connectivity index (χ2v) is 8.74. The standard InChI is InChI=1S/C26H36N2O4/c1-31-23-16-20(15-21(18-29)25(23)32-2)24(30)22-17-27-26(28-22)19-13-11-9-7-5-3-4-6-8-10-12-14-19/h15-19H,3-14H2,1-2H3,(H,27,28). The van der Waals surface area contributed by atoms with Crippen molar-refractivity contribution < 1.29 is 19.1 Å². The maximum Gasteiger partial charge on any atom is 0.210 e. The van der Waals surface area contributed by atoms with Crippen LogP contribution in [0.1, 0.15) is 115 Å². The number of ether oxygens (including phenoxy) is 2. The van der Waals surface area contributed by atoms with Gasteiger partial charge < -0.3 is 14.5 Å². The molecule has 3 rings (SSSR count). The molecule has 1 aromatic carbocycles. The Morgan fingerprint density at radius 1 is 0.938 bits per heavy atom. The molecular weight excluding hydrogens is 404 g/mol. The molecule has 1 saturated carbocycles. The topological polar surface area (TPSA) is 81.3 Å². The molecule has 6 heteroatoms. The quantitative estimate of drug-likeness (QED) is 0.424. The van der Waals surface area contributed by atoms with Crippen LogP contribution in [0.2, 0.25) is 0 Å². The molecule has 0 atom stereocenters. The largest absolute Gasteiger partial charge is 0.493 e. The zero-order valence-electron chi connectivity index (χ0n) is 19.5. The summed E-state index contributed by atoms with van der Waals surface area (Å²) >= 11 is 0. The molecule has 1 aromatic heterocycles. The summed E-state index contributed by atoms with van der Waals surface area (Å²) in [6.45, 7) is 0. The molecule has 0 amide bonds. The van der Waals surface area contributed by atoms with Crippen LogP contribution in [-0.4, -0.2) is 36.3 Å². The molecule has 0 radical (unpaired) electrons. The summed E-state index contributed by atoms with van der Waals surface area (Å²) in [6, 6.07) is 3.14. The Labute approximate surface area is 191 Å². The molecule has 0 spiro atoms. The van der Waals surface area contributed by atoms with Gasteiger partial charge in [0.15, 0.2) is 17.8 Å². The first-order valence-corrected chi connectivity index (χ1v) is 12.0. The Hall–Kier alpha value is -2.63. The highest BCUT2D eigenvalue weighted by molar-refractivity contribution is 6.09. The smallest absolute Gasteiger partial charge is 0.210 e. The normalized spacial score (nSPS) is 16.9. The van der Waals surface area contributed by atoms with Gasteiger partial charge in [-0.2, -0.15) is 0 Å². The monoisotopic (exact) mass is 440 g/mol. The SMILES string of the molecule is COc1cc(C(=O)c2cnc(C3CCCCCCCCCCCC3)[nH]2)cc(C=O)c1OC. The van der Waals surface area contributed by atoms with Crippen molar-refractivity contribution in [1.82, 2.24) is 9.97 Å². The molecule has 32 heavy (non-hydrogen) atoms. The highest BCUT2D eigenvalue weighted by Gasteiger charge is 2.21. The van der Waals surface area contributed by atoms with Crippen LogP contribution in [0.25, 0.3) is 0 Å². The molecule has 1 aliphatic carbocycles. The van der Waals surface area contributed by atoms with Crippen LogP contribution in [-0.2, 0) is 0 Å². The van der Waals surface area contributed by atoms with Crippen molar-refractivity contribution in [2.75, 3.05) is 14.2 Å². The number of nitrogens with one attached hydrogen (secondary N) is 1. The molecule has 0 saturated heterocycles. The predicted molar refractivity (Wildman–Crippen MR) is 125 cm³/mol. The number of rotatable bonds is 6. The Morgan fingerprint density at radius 3 is 2.06 bits per heavy atom. The van der Waals surface area contributed by atoms with Gasteiger partial charge in [-0.05, 0) is 25.0 Å². The van der Waals surface area contributed by atoms with Crippen molar-refractivity contribution in [1.29, 1.82) is 0 Å². The van der Waals surface area contributed by atoms with Gasteiger partial charge in [0.25, 0.3) is 0 Å². The minimum atomic E-state index is -0.211. The third-order valence-electron chi connectivity index (χ3n) is 6.48. The van der Waals surface area contributed by atoms with Gasteiger partial charge in [-0.3, -0.25) is 9.59 Å².